The first kappa shape index (κ1) is 16.2. The van der Waals surface area contributed by atoms with Crippen molar-refractivity contribution in [3.05, 3.63) is 35.4 Å². The van der Waals surface area contributed by atoms with E-state index in [2.05, 4.69) is 0 Å². The van der Waals surface area contributed by atoms with E-state index < -0.39 is 42.3 Å². The molecule has 1 rings (SSSR count). The molecule has 0 spiro atoms. The van der Waals surface area contributed by atoms with Crippen molar-refractivity contribution in [3.63, 3.8) is 0 Å². The fourth-order valence-corrected chi connectivity index (χ4v) is 1.43. The molecule has 0 aliphatic heterocycles. The fourth-order valence-electron chi connectivity index (χ4n) is 1.43. The van der Waals surface area contributed by atoms with Crippen molar-refractivity contribution in [3.8, 4) is 0 Å². The maximum atomic E-state index is 12.4. The highest BCUT2D eigenvalue weighted by atomic mass is 19.4. The van der Waals surface area contributed by atoms with E-state index in [0.717, 1.165) is 12.1 Å². The number of Topliss-reactive ketones (excluding diaryl/α,β-unsaturated/α-hetero) is 2. The number of hydrogen-bond donors (Lipinski definition) is 0. The van der Waals surface area contributed by atoms with Crippen LogP contribution in [-0.4, -0.2) is 17.7 Å². The van der Waals surface area contributed by atoms with Gasteiger partial charge in [0.1, 0.15) is 5.78 Å². The van der Waals surface area contributed by atoms with Crippen LogP contribution in [0.15, 0.2) is 24.3 Å². The molecular weight excluding hydrogens is 290 g/mol. The van der Waals surface area contributed by atoms with Crippen molar-refractivity contribution in [2.24, 2.45) is 0 Å². The van der Waals surface area contributed by atoms with Gasteiger partial charge in [-0.2, -0.15) is 26.3 Å². The smallest absolute Gasteiger partial charge is 0.299 e. The minimum atomic E-state index is -5.12. The Morgan fingerprint density at radius 1 is 1.00 bits per heavy atom. The predicted octanol–water partition coefficient (Wildman–Crippen LogP) is 3.34. The number of carbonyl (C=O) groups excluding carboxylic acids is 2. The van der Waals surface area contributed by atoms with Crippen LogP contribution in [0.1, 0.15) is 17.5 Å². The van der Waals surface area contributed by atoms with Crippen molar-refractivity contribution in [2.75, 3.05) is 0 Å². The zero-order chi connectivity index (χ0) is 15.6. The Kier molecular flexibility index (Phi) is 4.57. The van der Waals surface area contributed by atoms with Gasteiger partial charge < -0.3 is 0 Å². The number of hydrogen-bond acceptors (Lipinski definition) is 2. The summed E-state index contributed by atoms with van der Waals surface area (Å²) in [7, 11) is 0. The Hall–Kier alpha value is -1.86. The second-order valence-electron chi connectivity index (χ2n) is 4.01. The Labute approximate surface area is 109 Å². The lowest BCUT2D eigenvalue weighted by atomic mass is 10.0. The predicted molar refractivity (Wildman–Crippen MR) is 55.8 cm³/mol. The summed E-state index contributed by atoms with van der Waals surface area (Å²) in [5.74, 6) is -3.30. The standard InChI is InChI=1S/C12H8F6O2/c13-11(14,15)8-3-1-2-7(4-8)5-9(19)6-10(20)12(16,17)18/h1-4H,5-6H2. The maximum Gasteiger partial charge on any atom is 0.450 e. The van der Waals surface area contributed by atoms with Crippen molar-refractivity contribution in [2.45, 2.75) is 25.2 Å². The molecule has 0 fully saturated rings. The van der Waals surface area contributed by atoms with E-state index in [4.69, 9.17) is 0 Å². The van der Waals surface area contributed by atoms with Crippen molar-refractivity contribution in [1.82, 2.24) is 0 Å². The number of halogens is 6. The van der Waals surface area contributed by atoms with E-state index in [9.17, 15) is 35.9 Å². The van der Waals surface area contributed by atoms with Gasteiger partial charge in [0.05, 0.1) is 12.0 Å². The first-order valence-electron chi connectivity index (χ1n) is 5.28. The van der Waals surface area contributed by atoms with Gasteiger partial charge >= 0.3 is 12.4 Å². The van der Waals surface area contributed by atoms with Crippen molar-refractivity contribution < 1.29 is 35.9 Å². The summed E-state index contributed by atoms with van der Waals surface area (Å²) in [4.78, 5) is 21.8. The molecule has 0 heterocycles. The highest BCUT2D eigenvalue weighted by Gasteiger charge is 2.39. The molecule has 0 unspecified atom stereocenters. The van der Waals surface area contributed by atoms with Crippen molar-refractivity contribution >= 4 is 11.6 Å². The fraction of sp³-hybridized carbons (Fsp3) is 0.333. The van der Waals surface area contributed by atoms with Gasteiger partial charge in [-0.1, -0.05) is 18.2 Å². The van der Waals surface area contributed by atoms with Gasteiger partial charge in [0.2, 0.25) is 5.78 Å². The van der Waals surface area contributed by atoms with Crippen LogP contribution in [0.4, 0.5) is 26.3 Å². The summed E-state index contributed by atoms with van der Waals surface area (Å²) in [5.41, 5.74) is -1.11. The number of rotatable bonds is 4. The van der Waals surface area contributed by atoms with Crippen LogP contribution in [0.3, 0.4) is 0 Å². The van der Waals surface area contributed by atoms with Crippen LogP contribution < -0.4 is 0 Å². The summed E-state index contributed by atoms with van der Waals surface area (Å²) in [6.07, 6.45) is -11.8. The molecule has 1 aromatic rings. The second kappa shape index (κ2) is 5.64. The lowest BCUT2D eigenvalue weighted by molar-refractivity contribution is -0.171. The van der Waals surface area contributed by atoms with Crippen LogP contribution in [0.2, 0.25) is 0 Å². The monoisotopic (exact) mass is 298 g/mol. The highest BCUT2D eigenvalue weighted by Crippen LogP contribution is 2.29. The van der Waals surface area contributed by atoms with Gasteiger partial charge in [0.25, 0.3) is 0 Å². The van der Waals surface area contributed by atoms with Gasteiger partial charge in [-0.3, -0.25) is 9.59 Å². The zero-order valence-corrected chi connectivity index (χ0v) is 9.81. The molecular formula is C12H8F6O2. The van der Waals surface area contributed by atoms with Crippen molar-refractivity contribution in [1.29, 1.82) is 0 Å². The quantitative estimate of drug-likeness (QED) is 0.631. The summed E-state index contributed by atoms with van der Waals surface area (Å²) in [5, 5.41) is 0. The molecule has 0 aliphatic rings. The van der Waals surface area contributed by atoms with E-state index in [1.165, 1.54) is 6.07 Å². The van der Waals surface area contributed by atoms with Gasteiger partial charge in [-0.25, -0.2) is 0 Å². The molecule has 20 heavy (non-hydrogen) atoms. The third kappa shape index (κ3) is 4.67. The molecule has 0 saturated carbocycles. The Balaban J connectivity index is 2.75. The first-order chi connectivity index (χ1) is 9.00. The highest BCUT2D eigenvalue weighted by molar-refractivity contribution is 6.02. The van der Waals surface area contributed by atoms with Gasteiger partial charge in [0.15, 0.2) is 0 Å². The topological polar surface area (TPSA) is 34.1 Å². The largest absolute Gasteiger partial charge is 0.450 e. The number of benzene rings is 1. The summed E-state index contributed by atoms with van der Waals surface area (Å²) < 4.78 is 72.9. The molecule has 0 saturated heterocycles. The number of alkyl halides is 6. The molecule has 110 valence electrons. The van der Waals surface area contributed by atoms with E-state index >= 15 is 0 Å². The van der Waals surface area contributed by atoms with Gasteiger partial charge in [-0.15, -0.1) is 0 Å². The molecule has 0 N–H and O–H groups in total. The lowest BCUT2D eigenvalue weighted by Crippen LogP contribution is -2.25. The van der Waals surface area contributed by atoms with E-state index in [0.29, 0.717) is 6.07 Å². The maximum absolute atomic E-state index is 12.4. The molecule has 2 nitrogen and oxygen atoms in total. The average Bonchev–Trinajstić information content (AvgIpc) is 2.26. The molecule has 0 atom stereocenters. The van der Waals surface area contributed by atoms with Crippen LogP contribution in [0.5, 0.6) is 0 Å². The minimum absolute atomic E-state index is 0.0974. The summed E-state index contributed by atoms with van der Waals surface area (Å²) >= 11 is 0. The Morgan fingerprint density at radius 2 is 1.60 bits per heavy atom. The molecule has 8 heteroatoms. The molecule has 1 aromatic carbocycles. The number of carbonyl (C=O) groups is 2. The lowest BCUT2D eigenvalue weighted by Gasteiger charge is -2.08. The molecule has 0 bridgehead atoms. The van der Waals surface area contributed by atoms with Crippen LogP contribution in [0.25, 0.3) is 0 Å². The van der Waals surface area contributed by atoms with Gasteiger partial charge in [-0.05, 0) is 11.6 Å². The average molecular weight is 298 g/mol. The third-order valence-electron chi connectivity index (χ3n) is 2.33. The Bertz CT molecular complexity index is 515. The van der Waals surface area contributed by atoms with Crippen LogP contribution in [0, 0.1) is 0 Å². The number of ketones is 2. The molecule has 0 aliphatic carbocycles. The van der Waals surface area contributed by atoms with Crippen LogP contribution in [-0.2, 0) is 22.2 Å². The first-order valence-corrected chi connectivity index (χ1v) is 5.28. The molecule has 0 radical (unpaired) electrons. The summed E-state index contributed by atoms with van der Waals surface area (Å²) in [6.45, 7) is 0. The second-order valence-corrected chi connectivity index (χ2v) is 4.01. The molecule has 0 amide bonds. The normalized spacial score (nSPS) is 12.3. The van der Waals surface area contributed by atoms with E-state index in [-0.39, 0.29) is 5.56 Å². The SMILES string of the molecule is O=C(CC(=O)C(F)(F)F)Cc1cccc(C(F)(F)F)c1. The zero-order valence-electron chi connectivity index (χ0n) is 9.81. The molecule has 0 aromatic heterocycles. The van der Waals surface area contributed by atoms with Gasteiger partial charge in [0, 0.05) is 6.42 Å². The minimum Gasteiger partial charge on any atom is -0.299 e. The summed E-state index contributed by atoms with van der Waals surface area (Å²) in [6, 6.07) is 3.65. The van der Waals surface area contributed by atoms with E-state index in [1.807, 2.05) is 0 Å². The van der Waals surface area contributed by atoms with Crippen LogP contribution >= 0.6 is 0 Å². The third-order valence-corrected chi connectivity index (χ3v) is 2.33. The Morgan fingerprint density at radius 3 is 2.10 bits per heavy atom. The van der Waals surface area contributed by atoms with E-state index in [1.54, 1.807) is 0 Å².